The largest absolute Gasteiger partial charge is 0.491 e. The minimum Gasteiger partial charge on any atom is -0.491 e. The van der Waals surface area contributed by atoms with E-state index in [0.29, 0.717) is 13.0 Å². The van der Waals surface area contributed by atoms with E-state index in [9.17, 15) is 9.50 Å². The van der Waals surface area contributed by atoms with Crippen LogP contribution in [0.4, 0.5) is 4.39 Å². The van der Waals surface area contributed by atoms with Crippen LogP contribution in [0.15, 0.2) is 66.7 Å². The molecule has 0 aliphatic carbocycles. The van der Waals surface area contributed by atoms with Gasteiger partial charge in [-0.2, -0.15) is 0 Å². The molecule has 0 amide bonds. The molecule has 0 aliphatic rings. The Balaban J connectivity index is 1.54. The molecule has 0 saturated heterocycles. The molecule has 4 nitrogen and oxygen atoms in total. The molecule has 1 N–H and O–H groups in total. The summed E-state index contributed by atoms with van der Waals surface area (Å²) in [6, 6.07) is 20.3. The molecule has 1 aromatic heterocycles. The van der Waals surface area contributed by atoms with Gasteiger partial charge in [0, 0.05) is 6.42 Å². The Kier molecular flexibility index (Phi) is 5.81. The normalized spacial score (nSPS) is 12.3. The number of ether oxygens (including phenoxy) is 1. The van der Waals surface area contributed by atoms with Crippen molar-refractivity contribution in [2.45, 2.75) is 32.9 Å². The van der Waals surface area contributed by atoms with E-state index < -0.39 is 6.10 Å². The van der Waals surface area contributed by atoms with Crippen LogP contribution in [0.1, 0.15) is 22.5 Å². The average molecular weight is 404 g/mol. The summed E-state index contributed by atoms with van der Waals surface area (Å²) < 4.78 is 21.2. The van der Waals surface area contributed by atoms with Crippen molar-refractivity contribution < 1.29 is 14.2 Å². The first-order valence-electron chi connectivity index (χ1n) is 10.1. The number of aryl methyl sites for hydroxylation is 2. The molecule has 0 fully saturated rings. The van der Waals surface area contributed by atoms with Crippen LogP contribution in [-0.2, 0) is 13.0 Å². The van der Waals surface area contributed by atoms with Crippen LogP contribution >= 0.6 is 0 Å². The van der Waals surface area contributed by atoms with Crippen molar-refractivity contribution in [2.24, 2.45) is 0 Å². The second-order valence-corrected chi connectivity index (χ2v) is 7.66. The van der Waals surface area contributed by atoms with Gasteiger partial charge in [-0.1, -0.05) is 36.4 Å². The van der Waals surface area contributed by atoms with Gasteiger partial charge in [0.15, 0.2) is 0 Å². The summed E-state index contributed by atoms with van der Waals surface area (Å²) in [5.74, 6) is 1.36. The van der Waals surface area contributed by atoms with E-state index in [0.717, 1.165) is 39.3 Å². The molecule has 3 aromatic carbocycles. The standard InChI is InChI=1S/C25H25FN2O2/c1-17-7-8-18(2)24(13-17)30-16-21(29)15-28-23-6-4-3-5-22(23)27-25(28)14-19-9-11-20(26)12-10-19/h3-13,21,29H,14-16H2,1-2H3. The van der Waals surface area contributed by atoms with Gasteiger partial charge in [-0.25, -0.2) is 9.37 Å². The molecule has 5 heteroatoms. The van der Waals surface area contributed by atoms with Crippen molar-refractivity contribution in [1.82, 2.24) is 9.55 Å². The molecule has 4 rings (SSSR count). The van der Waals surface area contributed by atoms with Gasteiger partial charge in [0.2, 0.25) is 0 Å². The first kappa shape index (κ1) is 20.1. The zero-order chi connectivity index (χ0) is 21.1. The highest BCUT2D eigenvalue weighted by molar-refractivity contribution is 5.76. The molecular weight excluding hydrogens is 379 g/mol. The molecule has 154 valence electrons. The SMILES string of the molecule is Cc1ccc(C)c(OCC(O)Cn2c(Cc3ccc(F)cc3)nc3ccccc32)c1. The maximum Gasteiger partial charge on any atom is 0.123 e. The predicted molar refractivity (Wildman–Crippen MR) is 116 cm³/mol. The van der Waals surface area contributed by atoms with E-state index in [1.54, 1.807) is 12.1 Å². The Morgan fingerprint density at radius 2 is 1.80 bits per heavy atom. The molecule has 0 radical (unpaired) electrons. The lowest BCUT2D eigenvalue weighted by atomic mass is 10.1. The van der Waals surface area contributed by atoms with Crippen molar-refractivity contribution in [1.29, 1.82) is 0 Å². The number of nitrogens with zero attached hydrogens (tertiary/aromatic N) is 2. The van der Waals surface area contributed by atoms with Crippen LogP contribution in [-0.4, -0.2) is 27.4 Å². The van der Waals surface area contributed by atoms with E-state index in [1.165, 1.54) is 12.1 Å². The fourth-order valence-corrected chi connectivity index (χ4v) is 3.56. The lowest BCUT2D eigenvalue weighted by Gasteiger charge is -2.17. The lowest BCUT2D eigenvalue weighted by molar-refractivity contribution is 0.0924. The number of aliphatic hydroxyl groups is 1. The minimum atomic E-state index is -0.700. The summed E-state index contributed by atoms with van der Waals surface area (Å²) >= 11 is 0. The van der Waals surface area contributed by atoms with Crippen LogP contribution in [0.25, 0.3) is 11.0 Å². The highest BCUT2D eigenvalue weighted by Gasteiger charge is 2.15. The van der Waals surface area contributed by atoms with Crippen molar-refractivity contribution >= 4 is 11.0 Å². The van der Waals surface area contributed by atoms with Crippen LogP contribution in [0, 0.1) is 19.7 Å². The topological polar surface area (TPSA) is 47.3 Å². The fraction of sp³-hybridized carbons (Fsp3) is 0.240. The molecule has 0 saturated carbocycles. The number of benzene rings is 3. The van der Waals surface area contributed by atoms with Crippen molar-refractivity contribution in [3.05, 3.63) is 95.1 Å². The van der Waals surface area contributed by atoms with E-state index in [-0.39, 0.29) is 12.4 Å². The molecule has 0 spiro atoms. The number of halogens is 1. The predicted octanol–water partition coefficient (Wildman–Crippen LogP) is 4.82. The molecule has 1 heterocycles. The quantitative estimate of drug-likeness (QED) is 0.480. The smallest absolute Gasteiger partial charge is 0.123 e. The van der Waals surface area contributed by atoms with Crippen LogP contribution in [0.3, 0.4) is 0 Å². The van der Waals surface area contributed by atoms with Crippen LogP contribution in [0.5, 0.6) is 5.75 Å². The van der Waals surface area contributed by atoms with E-state index in [1.807, 2.05) is 60.9 Å². The summed E-state index contributed by atoms with van der Waals surface area (Å²) in [5, 5.41) is 10.7. The van der Waals surface area contributed by atoms with E-state index in [2.05, 4.69) is 0 Å². The van der Waals surface area contributed by atoms with E-state index in [4.69, 9.17) is 9.72 Å². The molecule has 0 bridgehead atoms. The molecular formula is C25H25FN2O2. The van der Waals surface area contributed by atoms with Crippen LogP contribution < -0.4 is 4.74 Å². The Labute approximate surface area is 175 Å². The third-order valence-corrected chi connectivity index (χ3v) is 5.18. The number of imidazole rings is 1. The average Bonchev–Trinajstić information content (AvgIpc) is 3.07. The monoisotopic (exact) mass is 404 g/mol. The minimum absolute atomic E-state index is 0.187. The zero-order valence-corrected chi connectivity index (χ0v) is 17.2. The maximum absolute atomic E-state index is 13.3. The molecule has 4 aromatic rings. The molecule has 1 atom stereocenters. The number of rotatable bonds is 7. The molecule has 30 heavy (non-hydrogen) atoms. The van der Waals surface area contributed by atoms with Gasteiger partial charge in [0.1, 0.15) is 30.1 Å². The number of hydrogen-bond donors (Lipinski definition) is 1. The number of aromatic nitrogens is 2. The number of para-hydroxylation sites is 2. The summed E-state index contributed by atoms with van der Waals surface area (Å²) in [4.78, 5) is 4.74. The van der Waals surface area contributed by atoms with E-state index >= 15 is 0 Å². The summed E-state index contributed by atoms with van der Waals surface area (Å²) in [6.07, 6.45) is -0.144. The van der Waals surface area contributed by atoms with Gasteiger partial charge in [-0.05, 0) is 60.9 Å². The summed E-state index contributed by atoms with van der Waals surface area (Å²) in [5.41, 5.74) is 4.96. The van der Waals surface area contributed by atoms with Gasteiger partial charge >= 0.3 is 0 Å². The van der Waals surface area contributed by atoms with Gasteiger partial charge in [-0.3, -0.25) is 0 Å². The van der Waals surface area contributed by atoms with Gasteiger partial charge in [-0.15, -0.1) is 0 Å². The Hall–Kier alpha value is -3.18. The van der Waals surface area contributed by atoms with Crippen molar-refractivity contribution in [2.75, 3.05) is 6.61 Å². The molecule has 0 aliphatic heterocycles. The van der Waals surface area contributed by atoms with Gasteiger partial charge in [0.25, 0.3) is 0 Å². The van der Waals surface area contributed by atoms with Crippen molar-refractivity contribution in [3.63, 3.8) is 0 Å². The maximum atomic E-state index is 13.3. The first-order chi connectivity index (χ1) is 14.5. The van der Waals surface area contributed by atoms with Gasteiger partial charge < -0.3 is 14.4 Å². The molecule has 1 unspecified atom stereocenters. The number of fused-ring (bicyclic) bond motifs is 1. The fourth-order valence-electron chi connectivity index (χ4n) is 3.56. The second kappa shape index (κ2) is 8.67. The second-order valence-electron chi connectivity index (χ2n) is 7.66. The Morgan fingerprint density at radius 1 is 1.03 bits per heavy atom. The third kappa shape index (κ3) is 4.52. The first-order valence-corrected chi connectivity index (χ1v) is 10.1. The Morgan fingerprint density at radius 3 is 2.60 bits per heavy atom. The Bertz CT molecular complexity index is 1150. The number of hydrogen-bond acceptors (Lipinski definition) is 3. The highest BCUT2D eigenvalue weighted by Crippen LogP contribution is 2.21. The van der Waals surface area contributed by atoms with Crippen molar-refractivity contribution in [3.8, 4) is 5.75 Å². The zero-order valence-electron chi connectivity index (χ0n) is 17.2. The summed E-state index contributed by atoms with van der Waals surface area (Å²) in [6.45, 7) is 4.56. The summed E-state index contributed by atoms with van der Waals surface area (Å²) in [7, 11) is 0. The van der Waals surface area contributed by atoms with Crippen LogP contribution in [0.2, 0.25) is 0 Å². The van der Waals surface area contributed by atoms with Gasteiger partial charge in [0.05, 0.1) is 17.6 Å². The number of aliphatic hydroxyl groups excluding tert-OH is 1. The highest BCUT2D eigenvalue weighted by atomic mass is 19.1. The lowest BCUT2D eigenvalue weighted by Crippen LogP contribution is -2.25. The third-order valence-electron chi connectivity index (χ3n) is 5.18.